The maximum absolute atomic E-state index is 10.9. The highest BCUT2D eigenvalue weighted by molar-refractivity contribution is 5.69. The molecule has 0 spiro atoms. The summed E-state index contributed by atoms with van der Waals surface area (Å²) >= 11 is 0. The average molecular weight is 219 g/mol. The summed E-state index contributed by atoms with van der Waals surface area (Å²) in [6.07, 6.45) is 2.57. The van der Waals surface area contributed by atoms with E-state index in [2.05, 4.69) is 9.62 Å². The van der Waals surface area contributed by atoms with Crippen LogP contribution in [0.2, 0.25) is 0 Å². The molecule has 0 amide bonds. The van der Waals surface area contributed by atoms with E-state index in [0.29, 0.717) is 19.4 Å². The lowest BCUT2D eigenvalue weighted by Gasteiger charge is -2.23. The van der Waals surface area contributed by atoms with Crippen molar-refractivity contribution in [2.45, 2.75) is 38.1 Å². The predicted molar refractivity (Wildman–Crippen MR) is 56.0 cm³/mol. The Bertz CT molecular complexity index is 182. The molecule has 1 atom stereocenters. The molecule has 0 fully saturated rings. The molecular formula is C10H21NO4. The predicted octanol–water partition coefficient (Wildman–Crippen LogP) is 1.02. The van der Waals surface area contributed by atoms with Gasteiger partial charge in [0.2, 0.25) is 0 Å². The van der Waals surface area contributed by atoms with E-state index in [-0.39, 0.29) is 11.5 Å². The molecule has 0 aliphatic rings. The summed E-state index contributed by atoms with van der Waals surface area (Å²) < 4.78 is 4.55. The van der Waals surface area contributed by atoms with E-state index in [4.69, 9.17) is 10.6 Å². The first-order chi connectivity index (χ1) is 7.02. The molecule has 0 rings (SSSR count). The molecule has 0 bridgehead atoms. The van der Waals surface area contributed by atoms with Gasteiger partial charge in [0.15, 0.2) is 0 Å². The lowest BCUT2D eigenvalue weighted by Crippen LogP contribution is -2.37. The van der Waals surface area contributed by atoms with E-state index < -0.39 is 0 Å². The number of hydrogen-bond donors (Lipinski definition) is 1. The van der Waals surface area contributed by atoms with Crippen LogP contribution in [0, 0.1) is 0 Å². The van der Waals surface area contributed by atoms with Gasteiger partial charge in [-0.25, -0.2) is 9.78 Å². The van der Waals surface area contributed by atoms with Crippen LogP contribution < -0.4 is 5.73 Å². The number of carbonyl (C=O) groups is 1. The Balaban J connectivity index is 3.61. The van der Waals surface area contributed by atoms with Gasteiger partial charge in [-0.2, -0.15) is 0 Å². The number of esters is 1. The summed E-state index contributed by atoms with van der Waals surface area (Å²) in [4.78, 5) is 20.1. The van der Waals surface area contributed by atoms with E-state index in [9.17, 15) is 4.79 Å². The standard InChI is InChI=1S/C10H21NO4/c1-10(11,6-4-8-15-14-3)7-5-9(12)13-2/h4-8,11H2,1-3H3. The lowest BCUT2D eigenvalue weighted by atomic mass is 9.92. The van der Waals surface area contributed by atoms with Crippen molar-refractivity contribution in [2.24, 2.45) is 5.73 Å². The molecule has 0 radical (unpaired) electrons. The molecule has 2 N–H and O–H groups in total. The highest BCUT2D eigenvalue weighted by atomic mass is 17.2. The van der Waals surface area contributed by atoms with Gasteiger partial charge in [-0.05, 0) is 26.2 Å². The van der Waals surface area contributed by atoms with Gasteiger partial charge >= 0.3 is 5.97 Å². The fourth-order valence-electron chi connectivity index (χ4n) is 1.23. The van der Waals surface area contributed by atoms with Gasteiger partial charge in [-0.3, -0.25) is 4.79 Å². The zero-order valence-corrected chi connectivity index (χ0v) is 9.75. The Labute approximate surface area is 90.8 Å². The van der Waals surface area contributed by atoms with Crippen LogP contribution in [-0.2, 0) is 19.3 Å². The fourth-order valence-corrected chi connectivity index (χ4v) is 1.23. The Hall–Kier alpha value is -0.650. The Morgan fingerprint density at radius 1 is 1.33 bits per heavy atom. The van der Waals surface area contributed by atoms with Crippen molar-refractivity contribution in [3.05, 3.63) is 0 Å². The van der Waals surface area contributed by atoms with Gasteiger partial charge in [0.1, 0.15) is 0 Å². The van der Waals surface area contributed by atoms with E-state index in [1.54, 1.807) is 0 Å². The SMILES string of the molecule is COOCCCC(C)(N)CCC(=O)OC. The Morgan fingerprint density at radius 2 is 2.00 bits per heavy atom. The molecule has 0 aromatic carbocycles. The molecule has 0 aromatic heterocycles. The minimum Gasteiger partial charge on any atom is -0.469 e. The summed E-state index contributed by atoms with van der Waals surface area (Å²) in [7, 11) is 2.85. The second-order valence-electron chi connectivity index (χ2n) is 3.82. The zero-order valence-electron chi connectivity index (χ0n) is 9.75. The van der Waals surface area contributed by atoms with Crippen LogP contribution in [0.5, 0.6) is 0 Å². The van der Waals surface area contributed by atoms with E-state index >= 15 is 0 Å². The topological polar surface area (TPSA) is 70.8 Å². The van der Waals surface area contributed by atoms with Gasteiger partial charge in [-0.15, -0.1) is 0 Å². The number of nitrogens with two attached hydrogens (primary N) is 1. The molecule has 1 unspecified atom stereocenters. The summed E-state index contributed by atoms with van der Waals surface area (Å²) in [6.45, 7) is 2.43. The lowest BCUT2D eigenvalue weighted by molar-refractivity contribution is -0.273. The van der Waals surface area contributed by atoms with Gasteiger partial charge in [-0.1, -0.05) is 0 Å². The van der Waals surface area contributed by atoms with E-state index in [0.717, 1.165) is 12.8 Å². The number of carbonyl (C=O) groups excluding carboxylic acids is 1. The van der Waals surface area contributed by atoms with Crippen molar-refractivity contribution in [2.75, 3.05) is 20.8 Å². The first kappa shape index (κ1) is 14.3. The highest BCUT2D eigenvalue weighted by Gasteiger charge is 2.19. The maximum atomic E-state index is 10.9. The fraction of sp³-hybridized carbons (Fsp3) is 0.900. The van der Waals surface area contributed by atoms with Crippen LogP contribution in [0.15, 0.2) is 0 Å². The second kappa shape index (κ2) is 7.62. The summed E-state index contributed by atoms with van der Waals surface area (Å²) in [5.41, 5.74) is 5.64. The monoisotopic (exact) mass is 219 g/mol. The number of rotatable bonds is 8. The molecule has 0 aliphatic heterocycles. The van der Waals surface area contributed by atoms with Crippen LogP contribution in [-0.4, -0.2) is 32.3 Å². The minimum atomic E-state index is -0.356. The number of hydrogen-bond acceptors (Lipinski definition) is 5. The van der Waals surface area contributed by atoms with Gasteiger partial charge < -0.3 is 10.5 Å². The number of ether oxygens (including phenoxy) is 1. The summed E-state index contributed by atoms with van der Waals surface area (Å²) in [6, 6.07) is 0. The van der Waals surface area contributed by atoms with Gasteiger partial charge in [0, 0.05) is 12.0 Å². The maximum Gasteiger partial charge on any atom is 0.305 e. The molecule has 15 heavy (non-hydrogen) atoms. The quantitative estimate of drug-likeness (QED) is 0.285. The summed E-state index contributed by atoms with van der Waals surface area (Å²) in [5.74, 6) is -0.222. The normalized spacial score (nSPS) is 14.7. The molecule has 0 aromatic rings. The number of methoxy groups -OCH3 is 1. The molecule has 0 heterocycles. The van der Waals surface area contributed by atoms with Crippen molar-refractivity contribution in [3.63, 3.8) is 0 Å². The first-order valence-electron chi connectivity index (χ1n) is 5.03. The van der Waals surface area contributed by atoms with Crippen LogP contribution in [0.25, 0.3) is 0 Å². The third-order valence-electron chi connectivity index (χ3n) is 2.22. The van der Waals surface area contributed by atoms with Gasteiger partial charge in [0.05, 0.1) is 20.8 Å². The second-order valence-corrected chi connectivity index (χ2v) is 3.82. The molecule has 5 nitrogen and oxygen atoms in total. The molecule has 0 saturated heterocycles. The highest BCUT2D eigenvalue weighted by Crippen LogP contribution is 2.16. The van der Waals surface area contributed by atoms with Gasteiger partial charge in [0.25, 0.3) is 0 Å². The zero-order chi connectivity index (χ0) is 11.7. The molecule has 0 saturated carbocycles. The third-order valence-corrected chi connectivity index (χ3v) is 2.22. The third kappa shape index (κ3) is 8.35. The smallest absolute Gasteiger partial charge is 0.305 e. The van der Waals surface area contributed by atoms with Crippen LogP contribution in [0.3, 0.4) is 0 Å². The summed E-state index contributed by atoms with van der Waals surface area (Å²) in [5, 5.41) is 0. The molecular weight excluding hydrogens is 198 g/mol. The van der Waals surface area contributed by atoms with Crippen molar-refractivity contribution in [1.82, 2.24) is 0 Å². The first-order valence-corrected chi connectivity index (χ1v) is 5.03. The van der Waals surface area contributed by atoms with Crippen LogP contribution >= 0.6 is 0 Å². The van der Waals surface area contributed by atoms with E-state index in [1.807, 2.05) is 6.92 Å². The largest absolute Gasteiger partial charge is 0.469 e. The van der Waals surface area contributed by atoms with Crippen molar-refractivity contribution in [1.29, 1.82) is 0 Å². The average Bonchev–Trinajstić information content (AvgIpc) is 2.21. The van der Waals surface area contributed by atoms with Crippen LogP contribution in [0.4, 0.5) is 0 Å². The Kier molecular flexibility index (Phi) is 7.29. The molecule has 5 heteroatoms. The Morgan fingerprint density at radius 3 is 2.53 bits per heavy atom. The molecule has 0 aliphatic carbocycles. The van der Waals surface area contributed by atoms with Crippen molar-refractivity contribution in [3.8, 4) is 0 Å². The minimum absolute atomic E-state index is 0.222. The van der Waals surface area contributed by atoms with Crippen molar-refractivity contribution < 1.29 is 19.3 Å². The van der Waals surface area contributed by atoms with Crippen LogP contribution in [0.1, 0.15) is 32.6 Å². The van der Waals surface area contributed by atoms with Crippen molar-refractivity contribution >= 4 is 5.97 Å². The van der Waals surface area contributed by atoms with E-state index in [1.165, 1.54) is 14.2 Å². The molecule has 90 valence electrons.